The lowest BCUT2D eigenvalue weighted by molar-refractivity contribution is 0.304. The number of nitrogens with two attached hydrogens (primary N) is 1. The highest BCUT2D eigenvalue weighted by molar-refractivity contribution is 9.10. The highest BCUT2D eigenvalue weighted by Gasteiger charge is 2.07. The Hall–Kier alpha value is -0.800. The summed E-state index contributed by atoms with van der Waals surface area (Å²) in [5.74, 6) is 0. The fraction of sp³-hybridized carbons (Fsp3) is 0.385. The summed E-state index contributed by atoms with van der Waals surface area (Å²) in [6.45, 7) is 11.0. The number of rotatable bonds is 5. The first-order chi connectivity index (χ1) is 7.52. The van der Waals surface area contributed by atoms with Crippen LogP contribution in [0.4, 0.5) is 5.69 Å². The summed E-state index contributed by atoms with van der Waals surface area (Å²) < 4.78 is 1.11. The first-order valence-corrected chi connectivity index (χ1v) is 6.23. The largest absolute Gasteiger partial charge is 0.399 e. The van der Waals surface area contributed by atoms with E-state index in [1.165, 1.54) is 11.1 Å². The van der Waals surface area contributed by atoms with Crippen molar-refractivity contribution < 1.29 is 0 Å². The van der Waals surface area contributed by atoms with Crippen LogP contribution < -0.4 is 5.73 Å². The average Bonchev–Trinajstić information content (AvgIpc) is 2.21. The van der Waals surface area contributed by atoms with Crippen LogP contribution in [0.2, 0.25) is 0 Å². The molecule has 0 aromatic heterocycles. The molecule has 0 atom stereocenters. The maximum absolute atomic E-state index is 5.79. The molecule has 0 aliphatic carbocycles. The molecule has 0 fully saturated rings. The van der Waals surface area contributed by atoms with Crippen LogP contribution in [-0.4, -0.2) is 18.0 Å². The minimum absolute atomic E-state index is 0.810. The predicted octanol–water partition coefficient (Wildman–Crippen LogP) is 3.43. The lowest BCUT2D eigenvalue weighted by Crippen LogP contribution is -2.24. The van der Waals surface area contributed by atoms with Gasteiger partial charge >= 0.3 is 0 Å². The molecule has 0 heterocycles. The highest BCUT2D eigenvalue weighted by atomic mass is 79.9. The molecular formula is C13H19BrN2. The molecule has 0 unspecified atom stereocenters. The molecule has 1 aromatic carbocycles. The molecule has 0 spiro atoms. The maximum atomic E-state index is 5.79. The van der Waals surface area contributed by atoms with E-state index in [1.807, 2.05) is 18.2 Å². The van der Waals surface area contributed by atoms with Crippen LogP contribution >= 0.6 is 15.9 Å². The molecule has 3 heteroatoms. The van der Waals surface area contributed by atoms with Crippen molar-refractivity contribution in [2.24, 2.45) is 0 Å². The smallest absolute Gasteiger partial charge is 0.0318 e. The topological polar surface area (TPSA) is 29.3 Å². The first kappa shape index (κ1) is 13.3. The number of hydrogen-bond acceptors (Lipinski definition) is 2. The van der Waals surface area contributed by atoms with E-state index in [2.05, 4.69) is 41.3 Å². The van der Waals surface area contributed by atoms with E-state index in [0.717, 1.165) is 29.8 Å². The van der Waals surface area contributed by atoms with E-state index in [4.69, 9.17) is 5.73 Å². The first-order valence-electron chi connectivity index (χ1n) is 5.43. The van der Waals surface area contributed by atoms with E-state index in [-0.39, 0.29) is 0 Å². The summed E-state index contributed by atoms with van der Waals surface area (Å²) >= 11 is 3.55. The Labute approximate surface area is 106 Å². The number of halogens is 1. The van der Waals surface area contributed by atoms with Crippen LogP contribution in [0.25, 0.3) is 0 Å². The van der Waals surface area contributed by atoms with Crippen molar-refractivity contribution in [1.82, 2.24) is 4.90 Å². The zero-order valence-corrected chi connectivity index (χ0v) is 11.5. The van der Waals surface area contributed by atoms with E-state index < -0.39 is 0 Å². The third kappa shape index (κ3) is 3.99. The average molecular weight is 283 g/mol. The Morgan fingerprint density at radius 2 is 2.19 bits per heavy atom. The van der Waals surface area contributed by atoms with Crippen molar-refractivity contribution in [2.75, 3.05) is 18.8 Å². The number of hydrogen-bond donors (Lipinski definition) is 1. The van der Waals surface area contributed by atoms with Gasteiger partial charge in [0.2, 0.25) is 0 Å². The van der Waals surface area contributed by atoms with Gasteiger partial charge in [0.05, 0.1) is 0 Å². The summed E-state index contributed by atoms with van der Waals surface area (Å²) in [5, 5.41) is 0. The standard InChI is InChI=1S/C13H19BrN2/c1-4-16(8-10(2)3)9-11-7-12(15)5-6-13(11)14/h5-7H,2,4,8-9,15H2,1,3H3. The lowest BCUT2D eigenvalue weighted by Gasteiger charge is -2.21. The van der Waals surface area contributed by atoms with Gasteiger partial charge < -0.3 is 5.73 Å². The molecule has 0 bridgehead atoms. The van der Waals surface area contributed by atoms with Gasteiger partial charge in [-0.15, -0.1) is 0 Å². The summed E-state index contributed by atoms with van der Waals surface area (Å²) in [7, 11) is 0. The monoisotopic (exact) mass is 282 g/mol. The van der Waals surface area contributed by atoms with Gasteiger partial charge in [0.15, 0.2) is 0 Å². The van der Waals surface area contributed by atoms with Gasteiger partial charge in [-0.3, -0.25) is 4.90 Å². The molecule has 0 radical (unpaired) electrons. The Balaban J connectivity index is 2.77. The fourth-order valence-electron chi connectivity index (χ4n) is 1.62. The molecule has 0 saturated heterocycles. The van der Waals surface area contributed by atoms with Gasteiger partial charge in [-0.25, -0.2) is 0 Å². The van der Waals surface area contributed by atoms with Crippen LogP contribution in [0.3, 0.4) is 0 Å². The molecule has 0 aliphatic heterocycles. The van der Waals surface area contributed by atoms with Crippen LogP contribution in [0.5, 0.6) is 0 Å². The van der Waals surface area contributed by atoms with Crippen molar-refractivity contribution >= 4 is 21.6 Å². The molecule has 0 aliphatic rings. The summed E-state index contributed by atoms with van der Waals surface area (Å²) in [4.78, 5) is 2.34. The summed E-state index contributed by atoms with van der Waals surface area (Å²) in [5.41, 5.74) is 9.01. The SMILES string of the molecule is C=C(C)CN(CC)Cc1cc(N)ccc1Br. The molecule has 1 aromatic rings. The predicted molar refractivity (Wildman–Crippen MR) is 74.3 cm³/mol. The van der Waals surface area contributed by atoms with E-state index >= 15 is 0 Å². The van der Waals surface area contributed by atoms with Gasteiger partial charge in [0.25, 0.3) is 0 Å². The van der Waals surface area contributed by atoms with Crippen LogP contribution in [0, 0.1) is 0 Å². The third-order valence-electron chi connectivity index (χ3n) is 2.40. The molecule has 0 saturated carbocycles. The zero-order valence-electron chi connectivity index (χ0n) is 9.96. The van der Waals surface area contributed by atoms with Crippen molar-refractivity contribution in [2.45, 2.75) is 20.4 Å². The Morgan fingerprint density at radius 3 is 2.75 bits per heavy atom. The second-order valence-electron chi connectivity index (χ2n) is 4.11. The van der Waals surface area contributed by atoms with Crippen LogP contribution in [0.15, 0.2) is 34.8 Å². The van der Waals surface area contributed by atoms with Gasteiger partial charge in [0.1, 0.15) is 0 Å². The number of nitrogen functional groups attached to an aromatic ring is 1. The zero-order chi connectivity index (χ0) is 12.1. The van der Waals surface area contributed by atoms with E-state index in [1.54, 1.807) is 0 Å². The van der Waals surface area contributed by atoms with Gasteiger partial charge in [-0.1, -0.05) is 35.0 Å². The van der Waals surface area contributed by atoms with Gasteiger partial charge in [0, 0.05) is 23.2 Å². The lowest BCUT2D eigenvalue weighted by atomic mass is 10.2. The van der Waals surface area contributed by atoms with Crippen molar-refractivity contribution in [3.05, 3.63) is 40.4 Å². The minimum atomic E-state index is 0.810. The molecule has 88 valence electrons. The second-order valence-corrected chi connectivity index (χ2v) is 4.97. The molecular weight excluding hydrogens is 264 g/mol. The number of likely N-dealkylation sites (N-methyl/N-ethyl adjacent to an activating group) is 1. The molecule has 2 N–H and O–H groups in total. The van der Waals surface area contributed by atoms with E-state index in [0.29, 0.717) is 0 Å². The van der Waals surface area contributed by atoms with Crippen molar-refractivity contribution in [3.8, 4) is 0 Å². The molecule has 16 heavy (non-hydrogen) atoms. The molecule has 2 nitrogen and oxygen atoms in total. The summed E-state index contributed by atoms with van der Waals surface area (Å²) in [6, 6.07) is 5.92. The second kappa shape index (κ2) is 6.06. The highest BCUT2D eigenvalue weighted by Crippen LogP contribution is 2.21. The Bertz CT molecular complexity index is 374. The number of anilines is 1. The third-order valence-corrected chi connectivity index (χ3v) is 3.18. The van der Waals surface area contributed by atoms with Crippen molar-refractivity contribution in [3.63, 3.8) is 0 Å². The van der Waals surface area contributed by atoms with Gasteiger partial charge in [-0.05, 0) is 37.2 Å². The molecule has 0 amide bonds. The normalized spacial score (nSPS) is 10.8. The van der Waals surface area contributed by atoms with Crippen LogP contribution in [0.1, 0.15) is 19.4 Å². The fourth-order valence-corrected chi connectivity index (χ4v) is 1.99. The number of benzene rings is 1. The quantitative estimate of drug-likeness (QED) is 0.662. The van der Waals surface area contributed by atoms with E-state index in [9.17, 15) is 0 Å². The Kier molecular flexibility index (Phi) is 5.03. The van der Waals surface area contributed by atoms with Crippen molar-refractivity contribution in [1.29, 1.82) is 0 Å². The number of nitrogens with zero attached hydrogens (tertiary/aromatic N) is 1. The molecule has 1 rings (SSSR count). The maximum Gasteiger partial charge on any atom is 0.0318 e. The van der Waals surface area contributed by atoms with Crippen LogP contribution in [-0.2, 0) is 6.54 Å². The summed E-state index contributed by atoms with van der Waals surface area (Å²) in [6.07, 6.45) is 0. The minimum Gasteiger partial charge on any atom is -0.399 e. The van der Waals surface area contributed by atoms with Gasteiger partial charge in [-0.2, -0.15) is 0 Å². The Morgan fingerprint density at radius 1 is 1.50 bits per heavy atom.